The number of fused-ring (bicyclic) bond motifs is 1. The second-order valence-electron chi connectivity index (χ2n) is 4.46. The third-order valence-electron chi connectivity index (χ3n) is 2.99. The number of thiophene rings is 1. The second kappa shape index (κ2) is 5.95. The van der Waals surface area contributed by atoms with Gasteiger partial charge in [0.2, 0.25) is 5.78 Å². The smallest absolute Gasteiger partial charge is 0.351 e. The van der Waals surface area contributed by atoms with Gasteiger partial charge in [-0.3, -0.25) is 4.79 Å². The van der Waals surface area contributed by atoms with Crippen LogP contribution < -0.4 is 5.63 Å². The summed E-state index contributed by atoms with van der Waals surface area (Å²) < 4.78 is 9.96. The first-order chi connectivity index (χ1) is 10.6. The lowest BCUT2D eigenvalue weighted by molar-refractivity contribution is 0.0472. The lowest BCUT2D eigenvalue weighted by Crippen LogP contribution is -2.19. The molecule has 6 heteroatoms. The highest BCUT2D eigenvalue weighted by atomic mass is 32.1. The van der Waals surface area contributed by atoms with Gasteiger partial charge in [-0.15, -0.1) is 11.3 Å². The molecule has 0 unspecified atom stereocenters. The maximum absolute atomic E-state index is 12.0. The van der Waals surface area contributed by atoms with Gasteiger partial charge in [-0.1, -0.05) is 24.3 Å². The molecule has 0 N–H and O–H groups in total. The zero-order valence-corrected chi connectivity index (χ0v) is 12.1. The standard InChI is InChI=1S/C16H10O5S/c17-12(14-6-3-7-22-14)9-20-15(18)11-8-10-4-1-2-5-13(10)21-16(11)19/h1-8H,9H2. The number of hydrogen-bond donors (Lipinski definition) is 0. The minimum atomic E-state index is -0.871. The lowest BCUT2D eigenvalue weighted by atomic mass is 10.2. The van der Waals surface area contributed by atoms with Crippen LogP contribution >= 0.6 is 11.3 Å². The molecular weight excluding hydrogens is 304 g/mol. The number of carbonyl (C=O) groups is 2. The molecule has 0 radical (unpaired) electrons. The minimum absolute atomic E-state index is 0.224. The second-order valence-corrected chi connectivity index (χ2v) is 5.41. The van der Waals surface area contributed by atoms with Crippen molar-refractivity contribution in [3.05, 3.63) is 68.7 Å². The molecule has 0 saturated carbocycles. The van der Waals surface area contributed by atoms with Crippen LogP contribution in [0.5, 0.6) is 0 Å². The molecule has 0 aliphatic heterocycles. The zero-order chi connectivity index (χ0) is 15.5. The van der Waals surface area contributed by atoms with E-state index < -0.39 is 18.2 Å². The molecule has 5 nitrogen and oxygen atoms in total. The lowest BCUT2D eigenvalue weighted by Gasteiger charge is -2.03. The molecule has 0 aliphatic rings. The number of Topliss-reactive ketones (excluding diaryl/α,β-unsaturated/α-hetero) is 1. The van der Waals surface area contributed by atoms with Crippen molar-refractivity contribution < 1.29 is 18.7 Å². The average molecular weight is 314 g/mol. The number of carbonyl (C=O) groups excluding carboxylic acids is 2. The van der Waals surface area contributed by atoms with Gasteiger partial charge in [0.15, 0.2) is 6.61 Å². The molecule has 3 rings (SSSR count). The molecule has 0 spiro atoms. The number of esters is 1. The molecule has 0 bridgehead atoms. The highest BCUT2D eigenvalue weighted by Crippen LogP contribution is 2.14. The SMILES string of the molecule is O=C(COC(=O)c1cc2ccccc2oc1=O)c1cccs1. The van der Waals surface area contributed by atoms with E-state index in [2.05, 4.69) is 0 Å². The first kappa shape index (κ1) is 14.2. The Morgan fingerprint density at radius 1 is 1.14 bits per heavy atom. The molecule has 2 heterocycles. The number of para-hydroxylation sites is 1. The van der Waals surface area contributed by atoms with E-state index in [1.807, 2.05) is 0 Å². The van der Waals surface area contributed by atoms with Crippen LogP contribution in [0.2, 0.25) is 0 Å². The Hall–Kier alpha value is -2.73. The van der Waals surface area contributed by atoms with Crippen LogP contribution in [-0.2, 0) is 4.74 Å². The number of ether oxygens (including phenoxy) is 1. The maximum Gasteiger partial charge on any atom is 0.351 e. The van der Waals surface area contributed by atoms with Gasteiger partial charge in [0.05, 0.1) is 4.88 Å². The topological polar surface area (TPSA) is 73.6 Å². The Balaban J connectivity index is 1.79. The molecule has 0 amide bonds. The van der Waals surface area contributed by atoms with E-state index in [-0.39, 0.29) is 11.3 Å². The van der Waals surface area contributed by atoms with Crippen LogP contribution in [0.15, 0.2) is 57.1 Å². The van der Waals surface area contributed by atoms with Gasteiger partial charge in [-0.05, 0) is 23.6 Å². The van der Waals surface area contributed by atoms with Crippen molar-refractivity contribution in [2.75, 3.05) is 6.61 Å². The summed E-state index contributed by atoms with van der Waals surface area (Å²) in [4.78, 5) is 36.0. The van der Waals surface area contributed by atoms with Gasteiger partial charge < -0.3 is 9.15 Å². The van der Waals surface area contributed by atoms with Crippen molar-refractivity contribution in [3.63, 3.8) is 0 Å². The Morgan fingerprint density at radius 3 is 2.73 bits per heavy atom. The Bertz CT molecular complexity index is 892. The van der Waals surface area contributed by atoms with Gasteiger partial charge in [0, 0.05) is 5.39 Å². The number of ketones is 1. The molecule has 2 aromatic heterocycles. The summed E-state index contributed by atoms with van der Waals surface area (Å²) in [6, 6.07) is 11.6. The van der Waals surface area contributed by atoms with E-state index in [1.165, 1.54) is 17.4 Å². The number of rotatable bonds is 4. The summed E-state index contributed by atoms with van der Waals surface area (Å²) in [5.74, 6) is -1.18. The van der Waals surface area contributed by atoms with Crippen molar-refractivity contribution >= 4 is 34.1 Å². The van der Waals surface area contributed by atoms with Gasteiger partial charge in [0.1, 0.15) is 11.1 Å². The fourth-order valence-electron chi connectivity index (χ4n) is 1.92. The molecule has 22 heavy (non-hydrogen) atoms. The summed E-state index contributed by atoms with van der Waals surface area (Å²) in [6.45, 7) is -0.411. The first-order valence-electron chi connectivity index (χ1n) is 6.42. The van der Waals surface area contributed by atoms with Crippen LogP contribution in [0.3, 0.4) is 0 Å². The summed E-state index contributed by atoms with van der Waals surface area (Å²) in [6.07, 6.45) is 0. The highest BCUT2D eigenvalue weighted by molar-refractivity contribution is 7.12. The van der Waals surface area contributed by atoms with Crippen LogP contribution in [0.25, 0.3) is 11.0 Å². The maximum atomic E-state index is 12.0. The summed E-state index contributed by atoms with van der Waals surface area (Å²) in [5, 5.41) is 2.37. The Kier molecular flexibility index (Phi) is 3.84. The van der Waals surface area contributed by atoms with E-state index in [9.17, 15) is 14.4 Å². The molecule has 110 valence electrons. The number of hydrogen-bond acceptors (Lipinski definition) is 6. The van der Waals surface area contributed by atoms with Crippen molar-refractivity contribution in [1.29, 1.82) is 0 Å². The summed E-state index contributed by atoms with van der Waals surface area (Å²) in [5.41, 5.74) is -0.622. The van der Waals surface area contributed by atoms with Crippen molar-refractivity contribution in [1.82, 2.24) is 0 Å². The molecule has 0 fully saturated rings. The van der Waals surface area contributed by atoms with E-state index in [0.717, 1.165) is 0 Å². The van der Waals surface area contributed by atoms with E-state index in [4.69, 9.17) is 9.15 Å². The first-order valence-corrected chi connectivity index (χ1v) is 7.30. The van der Waals surface area contributed by atoms with E-state index >= 15 is 0 Å². The van der Waals surface area contributed by atoms with Gasteiger partial charge in [0.25, 0.3) is 0 Å². The number of benzene rings is 1. The summed E-state index contributed by atoms with van der Waals surface area (Å²) >= 11 is 1.26. The third kappa shape index (κ3) is 2.82. The highest BCUT2D eigenvalue weighted by Gasteiger charge is 2.17. The van der Waals surface area contributed by atoms with Crippen molar-refractivity contribution in [2.24, 2.45) is 0 Å². The predicted octanol–water partition coefficient (Wildman–Crippen LogP) is 2.89. The monoisotopic (exact) mass is 314 g/mol. The Morgan fingerprint density at radius 2 is 1.95 bits per heavy atom. The fourth-order valence-corrected chi connectivity index (χ4v) is 2.57. The van der Waals surface area contributed by atoms with Gasteiger partial charge in [-0.25, -0.2) is 9.59 Å². The molecule has 3 aromatic rings. The van der Waals surface area contributed by atoms with Gasteiger partial charge >= 0.3 is 11.6 Å². The molecular formula is C16H10O5S. The van der Waals surface area contributed by atoms with E-state index in [0.29, 0.717) is 15.8 Å². The predicted molar refractivity (Wildman–Crippen MR) is 81.4 cm³/mol. The minimum Gasteiger partial charge on any atom is -0.453 e. The van der Waals surface area contributed by atoms with Crippen LogP contribution in [0, 0.1) is 0 Å². The summed E-state index contributed by atoms with van der Waals surface area (Å²) in [7, 11) is 0. The zero-order valence-electron chi connectivity index (χ0n) is 11.3. The van der Waals surface area contributed by atoms with E-state index in [1.54, 1.807) is 41.8 Å². The van der Waals surface area contributed by atoms with Crippen LogP contribution in [0.1, 0.15) is 20.0 Å². The largest absolute Gasteiger partial charge is 0.453 e. The Labute approximate surface area is 128 Å². The average Bonchev–Trinajstić information content (AvgIpc) is 3.06. The van der Waals surface area contributed by atoms with Gasteiger partial charge in [-0.2, -0.15) is 0 Å². The van der Waals surface area contributed by atoms with Crippen molar-refractivity contribution in [2.45, 2.75) is 0 Å². The molecule has 0 saturated heterocycles. The molecule has 0 aliphatic carbocycles. The molecule has 1 aromatic carbocycles. The molecule has 0 atom stereocenters. The fraction of sp³-hybridized carbons (Fsp3) is 0.0625. The third-order valence-corrected chi connectivity index (χ3v) is 3.90. The van der Waals surface area contributed by atoms with Crippen LogP contribution in [-0.4, -0.2) is 18.4 Å². The quantitative estimate of drug-likeness (QED) is 0.420. The van der Waals surface area contributed by atoms with Crippen LogP contribution in [0.4, 0.5) is 0 Å². The van der Waals surface area contributed by atoms with Crippen molar-refractivity contribution in [3.8, 4) is 0 Å². The normalized spacial score (nSPS) is 10.5.